The number of carbonyl (C=O) groups is 1. The van der Waals surface area contributed by atoms with Crippen molar-refractivity contribution in [2.45, 2.75) is 24.5 Å². The molecule has 7 nitrogen and oxygen atoms in total. The van der Waals surface area contributed by atoms with E-state index in [0.29, 0.717) is 22.2 Å². The quantitative estimate of drug-likeness (QED) is 0.619. The van der Waals surface area contributed by atoms with E-state index in [9.17, 15) is 4.79 Å². The summed E-state index contributed by atoms with van der Waals surface area (Å²) in [4.78, 5) is 23.5. The standard InChI is InChI=1S/C13H16N4O3S/c1-4-5-8(2)17-11-10(12(20-3)15-7-14-11)16-13(17)21-6-9(18)19/h4,7-8H,1,5-6H2,2-3H3,(H,18,19). The molecule has 0 fully saturated rings. The molecule has 0 aromatic carbocycles. The van der Waals surface area contributed by atoms with Gasteiger partial charge in [-0.05, 0) is 13.3 Å². The van der Waals surface area contributed by atoms with Crippen LogP contribution in [0.3, 0.4) is 0 Å². The third kappa shape index (κ3) is 3.15. The smallest absolute Gasteiger partial charge is 0.313 e. The highest BCUT2D eigenvalue weighted by Crippen LogP contribution is 2.31. The first-order chi connectivity index (χ1) is 10.1. The van der Waals surface area contributed by atoms with Crippen molar-refractivity contribution >= 4 is 28.9 Å². The third-order valence-electron chi connectivity index (χ3n) is 2.88. The highest BCUT2D eigenvalue weighted by Gasteiger charge is 2.20. The summed E-state index contributed by atoms with van der Waals surface area (Å²) in [6.45, 7) is 5.74. The third-order valence-corrected chi connectivity index (χ3v) is 3.82. The molecule has 2 aromatic rings. The second-order valence-electron chi connectivity index (χ2n) is 4.38. The number of thioether (sulfide) groups is 1. The molecular weight excluding hydrogens is 292 g/mol. The van der Waals surface area contributed by atoms with E-state index in [-0.39, 0.29) is 11.8 Å². The Hall–Kier alpha value is -2.09. The number of ether oxygens (including phenoxy) is 1. The van der Waals surface area contributed by atoms with E-state index in [0.717, 1.165) is 18.2 Å². The predicted octanol–water partition coefficient (Wildman–Crippen LogP) is 2.15. The van der Waals surface area contributed by atoms with Crippen molar-refractivity contribution in [3.8, 4) is 5.88 Å². The first-order valence-corrected chi connectivity index (χ1v) is 7.29. The summed E-state index contributed by atoms with van der Waals surface area (Å²) < 4.78 is 7.09. The van der Waals surface area contributed by atoms with Gasteiger partial charge in [-0.25, -0.2) is 9.97 Å². The fraction of sp³-hybridized carbons (Fsp3) is 0.385. The highest BCUT2D eigenvalue weighted by molar-refractivity contribution is 7.99. The number of aromatic nitrogens is 4. The lowest BCUT2D eigenvalue weighted by Gasteiger charge is -2.14. The first kappa shape index (κ1) is 15.3. The highest BCUT2D eigenvalue weighted by atomic mass is 32.2. The average Bonchev–Trinajstić information content (AvgIpc) is 2.83. The van der Waals surface area contributed by atoms with Gasteiger partial charge in [0.15, 0.2) is 16.3 Å². The van der Waals surface area contributed by atoms with E-state index < -0.39 is 5.97 Å². The molecule has 21 heavy (non-hydrogen) atoms. The lowest BCUT2D eigenvalue weighted by Crippen LogP contribution is -2.08. The Balaban J connectivity index is 2.55. The number of aliphatic carboxylic acids is 1. The zero-order valence-corrected chi connectivity index (χ0v) is 12.6. The van der Waals surface area contributed by atoms with Crippen LogP contribution >= 0.6 is 11.8 Å². The Morgan fingerprint density at radius 1 is 1.62 bits per heavy atom. The van der Waals surface area contributed by atoms with Gasteiger partial charge in [-0.1, -0.05) is 17.8 Å². The molecule has 0 aliphatic carbocycles. The molecule has 1 atom stereocenters. The van der Waals surface area contributed by atoms with Gasteiger partial charge in [0.1, 0.15) is 6.33 Å². The van der Waals surface area contributed by atoms with Crippen LogP contribution in [-0.2, 0) is 4.79 Å². The number of allylic oxidation sites excluding steroid dienone is 1. The van der Waals surface area contributed by atoms with E-state index >= 15 is 0 Å². The second kappa shape index (κ2) is 6.57. The van der Waals surface area contributed by atoms with Crippen LogP contribution in [0.4, 0.5) is 0 Å². The van der Waals surface area contributed by atoms with Gasteiger partial charge in [0, 0.05) is 6.04 Å². The number of carboxylic acids is 1. The molecule has 1 N–H and O–H groups in total. The van der Waals surface area contributed by atoms with Crippen molar-refractivity contribution in [2.75, 3.05) is 12.9 Å². The summed E-state index contributed by atoms with van der Waals surface area (Å²) in [5.41, 5.74) is 1.16. The number of nitrogens with zero attached hydrogens (tertiary/aromatic N) is 4. The fourth-order valence-electron chi connectivity index (χ4n) is 1.99. The predicted molar refractivity (Wildman–Crippen MR) is 79.8 cm³/mol. The number of imidazole rings is 1. The Kier molecular flexibility index (Phi) is 4.79. The molecule has 0 aliphatic rings. The maximum Gasteiger partial charge on any atom is 0.313 e. The summed E-state index contributed by atoms with van der Waals surface area (Å²) in [7, 11) is 1.51. The van der Waals surface area contributed by atoms with Crippen LogP contribution in [0.2, 0.25) is 0 Å². The number of hydrogen-bond acceptors (Lipinski definition) is 6. The Bertz CT molecular complexity index is 671. The van der Waals surface area contributed by atoms with Gasteiger partial charge in [0.25, 0.3) is 0 Å². The number of fused-ring (bicyclic) bond motifs is 1. The molecule has 2 rings (SSSR count). The lowest BCUT2D eigenvalue weighted by molar-refractivity contribution is -0.133. The zero-order valence-electron chi connectivity index (χ0n) is 11.8. The van der Waals surface area contributed by atoms with Gasteiger partial charge in [0.05, 0.1) is 12.9 Å². The molecule has 0 amide bonds. The molecular formula is C13H16N4O3S. The number of hydrogen-bond donors (Lipinski definition) is 1. The van der Waals surface area contributed by atoms with Crippen LogP contribution in [0.25, 0.3) is 11.2 Å². The second-order valence-corrected chi connectivity index (χ2v) is 5.32. The van der Waals surface area contributed by atoms with Gasteiger partial charge >= 0.3 is 5.97 Å². The van der Waals surface area contributed by atoms with Crippen molar-refractivity contribution in [3.05, 3.63) is 19.0 Å². The first-order valence-electron chi connectivity index (χ1n) is 6.30. The Labute approximate surface area is 126 Å². The minimum atomic E-state index is -0.895. The summed E-state index contributed by atoms with van der Waals surface area (Å²) in [6.07, 6.45) is 3.94. The number of methoxy groups -OCH3 is 1. The maximum absolute atomic E-state index is 10.8. The molecule has 2 aromatic heterocycles. The van der Waals surface area contributed by atoms with Gasteiger partial charge in [-0.15, -0.1) is 6.58 Å². The molecule has 0 bridgehead atoms. The maximum atomic E-state index is 10.8. The van der Waals surface area contributed by atoms with Crippen molar-refractivity contribution in [3.63, 3.8) is 0 Å². The van der Waals surface area contributed by atoms with Crippen LogP contribution in [-0.4, -0.2) is 43.5 Å². The largest absolute Gasteiger partial charge is 0.481 e. The summed E-state index contributed by atoms with van der Waals surface area (Å²) >= 11 is 1.15. The van der Waals surface area contributed by atoms with Crippen LogP contribution in [0, 0.1) is 0 Å². The normalized spacial score (nSPS) is 12.3. The molecule has 0 radical (unpaired) electrons. The fourth-order valence-corrected chi connectivity index (χ4v) is 2.80. The summed E-state index contributed by atoms with van der Waals surface area (Å²) in [5.74, 6) is -0.588. The average molecular weight is 308 g/mol. The van der Waals surface area contributed by atoms with E-state index in [4.69, 9.17) is 9.84 Å². The van der Waals surface area contributed by atoms with Crippen molar-refractivity contribution in [2.24, 2.45) is 0 Å². The molecule has 2 heterocycles. The number of rotatable bonds is 7. The summed E-state index contributed by atoms with van der Waals surface area (Å²) in [6, 6.07) is 0.0587. The van der Waals surface area contributed by atoms with E-state index in [2.05, 4.69) is 21.5 Å². The molecule has 8 heteroatoms. The van der Waals surface area contributed by atoms with Gasteiger partial charge in [0.2, 0.25) is 5.88 Å². The minimum absolute atomic E-state index is 0.0587. The van der Waals surface area contributed by atoms with Gasteiger partial charge < -0.3 is 14.4 Å². The zero-order chi connectivity index (χ0) is 15.4. The lowest BCUT2D eigenvalue weighted by atomic mass is 10.2. The minimum Gasteiger partial charge on any atom is -0.481 e. The summed E-state index contributed by atoms with van der Waals surface area (Å²) in [5, 5.41) is 9.44. The van der Waals surface area contributed by atoms with E-state index in [1.165, 1.54) is 13.4 Å². The molecule has 0 spiro atoms. The van der Waals surface area contributed by atoms with Crippen LogP contribution in [0.1, 0.15) is 19.4 Å². The molecule has 0 saturated heterocycles. The van der Waals surface area contributed by atoms with Crippen molar-refractivity contribution < 1.29 is 14.6 Å². The molecule has 1 unspecified atom stereocenters. The van der Waals surface area contributed by atoms with E-state index in [1.54, 1.807) is 6.08 Å². The molecule has 0 saturated carbocycles. The topological polar surface area (TPSA) is 90.1 Å². The van der Waals surface area contributed by atoms with E-state index in [1.807, 2.05) is 11.5 Å². The monoisotopic (exact) mass is 308 g/mol. The van der Waals surface area contributed by atoms with Crippen LogP contribution < -0.4 is 4.74 Å². The van der Waals surface area contributed by atoms with Gasteiger partial charge in [-0.2, -0.15) is 4.98 Å². The van der Waals surface area contributed by atoms with Crippen molar-refractivity contribution in [1.82, 2.24) is 19.5 Å². The van der Waals surface area contributed by atoms with Crippen molar-refractivity contribution in [1.29, 1.82) is 0 Å². The SMILES string of the molecule is C=CCC(C)n1c(SCC(=O)O)nc2c(OC)ncnc21. The molecule has 112 valence electrons. The van der Waals surface area contributed by atoms with Gasteiger partial charge in [-0.3, -0.25) is 4.79 Å². The Morgan fingerprint density at radius 3 is 3.00 bits per heavy atom. The van der Waals surface area contributed by atoms with Crippen LogP contribution in [0.5, 0.6) is 5.88 Å². The van der Waals surface area contributed by atoms with Crippen LogP contribution in [0.15, 0.2) is 24.1 Å². The Morgan fingerprint density at radius 2 is 2.38 bits per heavy atom. The number of carboxylic acid groups (broad SMARTS) is 1. The molecule has 0 aliphatic heterocycles.